The molecule has 0 radical (unpaired) electrons. The van der Waals surface area contributed by atoms with Gasteiger partial charge in [0.1, 0.15) is 5.75 Å². The van der Waals surface area contributed by atoms with Crippen molar-refractivity contribution in [1.82, 2.24) is 4.98 Å². The van der Waals surface area contributed by atoms with E-state index < -0.39 is 0 Å². The highest BCUT2D eigenvalue weighted by Gasteiger charge is 2.08. The van der Waals surface area contributed by atoms with E-state index in [1.54, 1.807) is 6.07 Å². The third kappa shape index (κ3) is 3.79. The molecule has 3 N–H and O–H groups in total. The molecule has 0 aliphatic carbocycles. The zero-order valence-electron chi connectivity index (χ0n) is 12.9. The average molecular weight is 308 g/mol. The number of nitrogens with one attached hydrogen (secondary N) is 1. The molecule has 23 heavy (non-hydrogen) atoms. The number of ether oxygens (including phenoxy) is 1. The van der Waals surface area contributed by atoms with Crippen LogP contribution in [0.5, 0.6) is 5.75 Å². The van der Waals surface area contributed by atoms with Crippen molar-refractivity contribution in [3.63, 3.8) is 0 Å². The van der Waals surface area contributed by atoms with Crippen LogP contribution < -0.4 is 10.5 Å². The highest BCUT2D eigenvalue weighted by atomic mass is 16.5. The topological polar surface area (TPSA) is 68.1 Å². The number of aromatic amines is 1. The van der Waals surface area contributed by atoms with E-state index in [0.29, 0.717) is 18.7 Å². The fourth-order valence-electron chi connectivity index (χ4n) is 2.64. The lowest BCUT2D eigenvalue weighted by Crippen LogP contribution is -2.10. The molecule has 0 spiro atoms. The summed E-state index contributed by atoms with van der Waals surface area (Å²) in [5, 5.41) is 1.20. The minimum absolute atomic E-state index is 0.214. The highest BCUT2D eigenvalue weighted by molar-refractivity contribution is 5.80. The third-order valence-corrected chi connectivity index (χ3v) is 3.88. The normalized spacial score (nSPS) is 10.8. The van der Waals surface area contributed by atoms with E-state index in [4.69, 9.17) is 10.5 Å². The van der Waals surface area contributed by atoms with Gasteiger partial charge in [0, 0.05) is 30.2 Å². The van der Waals surface area contributed by atoms with Gasteiger partial charge >= 0.3 is 5.97 Å². The molecule has 0 saturated heterocycles. The first-order chi connectivity index (χ1) is 11.3. The van der Waals surface area contributed by atoms with Gasteiger partial charge in [0.2, 0.25) is 0 Å². The van der Waals surface area contributed by atoms with Gasteiger partial charge in [-0.1, -0.05) is 24.3 Å². The number of hydrogen-bond donors (Lipinski definition) is 2. The second-order valence-corrected chi connectivity index (χ2v) is 5.54. The number of aromatic nitrogens is 1. The minimum atomic E-state index is -0.214. The zero-order valence-corrected chi connectivity index (χ0v) is 12.9. The lowest BCUT2D eigenvalue weighted by Gasteiger charge is -2.08. The number of nitrogens with two attached hydrogens (primary N) is 1. The largest absolute Gasteiger partial charge is 0.426 e. The van der Waals surface area contributed by atoms with Crippen molar-refractivity contribution in [3.8, 4) is 5.75 Å². The van der Waals surface area contributed by atoms with Crippen molar-refractivity contribution in [2.45, 2.75) is 25.8 Å². The number of H-pyrrole nitrogens is 1. The van der Waals surface area contributed by atoms with Gasteiger partial charge in [-0.15, -0.1) is 0 Å². The maximum Gasteiger partial charge on any atom is 0.311 e. The van der Waals surface area contributed by atoms with Crippen LogP contribution in [0, 0.1) is 0 Å². The number of esters is 1. The van der Waals surface area contributed by atoms with Crippen LogP contribution in [0.4, 0.5) is 0 Å². The average Bonchev–Trinajstić information content (AvgIpc) is 3.03. The van der Waals surface area contributed by atoms with E-state index in [9.17, 15) is 4.79 Å². The molecule has 0 aliphatic rings. The van der Waals surface area contributed by atoms with Gasteiger partial charge in [0.25, 0.3) is 0 Å². The molecule has 3 rings (SSSR count). The number of hydrogen-bond acceptors (Lipinski definition) is 3. The monoisotopic (exact) mass is 308 g/mol. The molecule has 0 saturated carbocycles. The number of para-hydroxylation sites is 1. The van der Waals surface area contributed by atoms with Crippen LogP contribution in [-0.4, -0.2) is 11.0 Å². The van der Waals surface area contributed by atoms with Gasteiger partial charge < -0.3 is 15.5 Å². The van der Waals surface area contributed by atoms with E-state index in [0.717, 1.165) is 23.9 Å². The second kappa shape index (κ2) is 7.11. The quantitative estimate of drug-likeness (QED) is 0.540. The molecule has 0 amide bonds. The Morgan fingerprint density at radius 3 is 2.87 bits per heavy atom. The van der Waals surface area contributed by atoms with Crippen molar-refractivity contribution >= 4 is 16.9 Å². The highest BCUT2D eigenvalue weighted by Crippen LogP contribution is 2.19. The summed E-state index contributed by atoms with van der Waals surface area (Å²) in [5.41, 5.74) is 8.85. The van der Waals surface area contributed by atoms with Crippen molar-refractivity contribution in [3.05, 3.63) is 65.9 Å². The van der Waals surface area contributed by atoms with Crippen LogP contribution in [0.1, 0.15) is 24.0 Å². The molecule has 1 heterocycles. The van der Waals surface area contributed by atoms with E-state index in [1.807, 2.05) is 24.4 Å². The smallest absolute Gasteiger partial charge is 0.311 e. The number of benzene rings is 2. The summed E-state index contributed by atoms with van der Waals surface area (Å²) in [7, 11) is 0. The molecule has 4 nitrogen and oxygen atoms in total. The first kappa shape index (κ1) is 15.3. The van der Waals surface area contributed by atoms with Gasteiger partial charge in [-0.2, -0.15) is 0 Å². The summed E-state index contributed by atoms with van der Waals surface area (Å²) in [6.07, 6.45) is 3.94. The standard InChI is InChI=1S/C19H20N2O2/c20-13-16-5-1-2-6-18(16)23-19(22)7-3-4-14-8-9-17-15(12-14)10-11-21-17/h1-2,5-6,8-12,21H,3-4,7,13,20H2. The Bertz CT molecular complexity index is 808. The first-order valence-electron chi connectivity index (χ1n) is 7.81. The molecule has 118 valence electrons. The summed E-state index contributed by atoms with van der Waals surface area (Å²) in [6, 6.07) is 15.7. The number of carbonyl (C=O) groups excluding carboxylic acids is 1. The van der Waals surface area contributed by atoms with Crippen LogP contribution in [-0.2, 0) is 17.8 Å². The van der Waals surface area contributed by atoms with E-state index >= 15 is 0 Å². The summed E-state index contributed by atoms with van der Waals surface area (Å²) < 4.78 is 5.41. The molecule has 0 unspecified atom stereocenters. The fraction of sp³-hybridized carbons (Fsp3) is 0.211. The molecule has 0 fully saturated rings. The van der Waals surface area contributed by atoms with Crippen molar-refractivity contribution in [2.24, 2.45) is 5.73 Å². The molecule has 0 aliphatic heterocycles. The Balaban J connectivity index is 1.52. The SMILES string of the molecule is NCc1ccccc1OC(=O)CCCc1ccc2[nH]ccc2c1. The van der Waals surface area contributed by atoms with Crippen LogP contribution in [0.3, 0.4) is 0 Å². The molecular formula is C19H20N2O2. The van der Waals surface area contributed by atoms with Gasteiger partial charge in [-0.25, -0.2) is 0 Å². The molecule has 2 aromatic carbocycles. The van der Waals surface area contributed by atoms with Crippen molar-refractivity contribution < 1.29 is 9.53 Å². The van der Waals surface area contributed by atoms with E-state index in [1.165, 1.54) is 10.9 Å². The van der Waals surface area contributed by atoms with Gasteiger partial charge in [0.15, 0.2) is 0 Å². The lowest BCUT2D eigenvalue weighted by atomic mass is 10.1. The summed E-state index contributed by atoms with van der Waals surface area (Å²) >= 11 is 0. The Morgan fingerprint density at radius 2 is 2.00 bits per heavy atom. The second-order valence-electron chi connectivity index (χ2n) is 5.54. The van der Waals surface area contributed by atoms with Crippen molar-refractivity contribution in [2.75, 3.05) is 0 Å². The van der Waals surface area contributed by atoms with Gasteiger partial charge in [0.05, 0.1) is 0 Å². The molecular weight excluding hydrogens is 288 g/mol. The fourth-order valence-corrected chi connectivity index (χ4v) is 2.64. The van der Waals surface area contributed by atoms with Crippen LogP contribution >= 0.6 is 0 Å². The maximum atomic E-state index is 12.0. The third-order valence-electron chi connectivity index (χ3n) is 3.88. The minimum Gasteiger partial charge on any atom is -0.426 e. The molecule has 0 bridgehead atoms. The molecule has 0 atom stereocenters. The number of rotatable bonds is 6. The number of carbonyl (C=O) groups is 1. The van der Waals surface area contributed by atoms with E-state index in [-0.39, 0.29) is 5.97 Å². The van der Waals surface area contributed by atoms with Crippen LogP contribution in [0.25, 0.3) is 10.9 Å². The number of fused-ring (bicyclic) bond motifs is 1. The Kier molecular flexibility index (Phi) is 4.74. The first-order valence-corrected chi connectivity index (χ1v) is 7.81. The van der Waals surface area contributed by atoms with Gasteiger partial charge in [-0.3, -0.25) is 4.79 Å². The summed E-state index contributed by atoms with van der Waals surface area (Å²) in [4.78, 5) is 15.1. The lowest BCUT2D eigenvalue weighted by molar-refractivity contribution is -0.134. The molecule has 1 aromatic heterocycles. The van der Waals surface area contributed by atoms with E-state index in [2.05, 4.69) is 29.2 Å². The molecule has 4 heteroatoms. The van der Waals surface area contributed by atoms with Crippen molar-refractivity contribution in [1.29, 1.82) is 0 Å². The summed E-state index contributed by atoms with van der Waals surface area (Å²) in [5.74, 6) is 0.349. The number of aryl methyl sites for hydroxylation is 1. The Morgan fingerprint density at radius 1 is 1.13 bits per heavy atom. The predicted octanol–water partition coefficient (Wildman–Crippen LogP) is 3.55. The summed E-state index contributed by atoms with van der Waals surface area (Å²) in [6.45, 7) is 0.361. The molecule has 3 aromatic rings. The maximum absolute atomic E-state index is 12.0. The van der Waals surface area contributed by atoms with Crippen LogP contribution in [0.15, 0.2) is 54.7 Å². The van der Waals surface area contributed by atoms with Gasteiger partial charge in [-0.05, 0) is 48.1 Å². The zero-order chi connectivity index (χ0) is 16.1. The Hall–Kier alpha value is -2.59. The predicted molar refractivity (Wildman–Crippen MR) is 91.2 cm³/mol. The van der Waals surface area contributed by atoms with Crippen LogP contribution in [0.2, 0.25) is 0 Å². The Labute approximate surface area is 135 Å².